The zero-order valence-electron chi connectivity index (χ0n) is 16.2. The van der Waals surface area contributed by atoms with Crippen LogP contribution in [0.25, 0.3) is 10.8 Å². The number of carbonyl (C=O) groups excluding carboxylic acids is 1. The Balaban J connectivity index is 1.63. The molecule has 0 radical (unpaired) electrons. The fourth-order valence-electron chi connectivity index (χ4n) is 2.89. The van der Waals surface area contributed by atoms with Crippen LogP contribution in [0.3, 0.4) is 0 Å². The van der Waals surface area contributed by atoms with Crippen molar-refractivity contribution in [1.82, 2.24) is 5.32 Å². The van der Waals surface area contributed by atoms with Crippen molar-refractivity contribution in [2.75, 3.05) is 19.8 Å². The van der Waals surface area contributed by atoms with E-state index >= 15 is 0 Å². The molecule has 0 heterocycles. The van der Waals surface area contributed by atoms with Crippen molar-refractivity contribution in [2.45, 2.75) is 20.3 Å². The summed E-state index contributed by atoms with van der Waals surface area (Å²) in [6.07, 6.45) is 0.374. The average molecular weight is 379 g/mol. The minimum absolute atomic E-state index is 0.376. The third-order valence-corrected chi connectivity index (χ3v) is 4.21. The number of amides is 1. The summed E-state index contributed by atoms with van der Waals surface area (Å²) in [6.45, 7) is 5.32. The van der Waals surface area contributed by atoms with E-state index in [2.05, 4.69) is 23.5 Å². The van der Waals surface area contributed by atoms with Crippen LogP contribution in [-0.2, 0) is 11.2 Å². The highest BCUT2D eigenvalue weighted by Crippen LogP contribution is 2.27. The smallest absolute Gasteiger partial charge is 0.407 e. The lowest BCUT2D eigenvalue weighted by Gasteiger charge is -2.09. The van der Waals surface area contributed by atoms with Gasteiger partial charge in [0.25, 0.3) is 0 Å². The van der Waals surface area contributed by atoms with Crippen molar-refractivity contribution in [2.24, 2.45) is 0 Å². The fraction of sp³-hybridized carbons (Fsp3) is 0.261. The second kappa shape index (κ2) is 9.65. The van der Waals surface area contributed by atoms with Gasteiger partial charge in [-0.15, -0.1) is 0 Å². The van der Waals surface area contributed by atoms with Crippen molar-refractivity contribution >= 4 is 16.9 Å². The molecule has 1 amide bonds. The molecule has 3 aromatic rings. The predicted octanol–water partition coefficient (Wildman–Crippen LogP) is 5.32. The minimum atomic E-state index is -0.376. The van der Waals surface area contributed by atoms with Crippen LogP contribution in [0.1, 0.15) is 19.4 Å². The Bertz CT molecular complexity index is 922. The molecule has 0 aliphatic rings. The molecule has 5 nitrogen and oxygen atoms in total. The van der Waals surface area contributed by atoms with Crippen LogP contribution >= 0.6 is 0 Å². The number of hydrogen-bond donors (Lipinski definition) is 1. The summed E-state index contributed by atoms with van der Waals surface area (Å²) >= 11 is 0. The minimum Gasteiger partial charge on any atom is -0.494 e. The first-order chi connectivity index (χ1) is 13.7. The van der Waals surface area contributed by atoms with Gasteiger partial charge in [-0.1, -0.05) is 24.3 Å². The van der Waals surface area contributed by atoms with E-state index in [9.17, 15) is 4.79 Å². The molecule has 0 atom stereocenters. The van der Waals surface area contributed by atoms with Gasteiger partial charge in [0.15, 0.2) is 0 Å². The SMILES string of the molecule is CCOC(=O)NCCc1ccc2cc(Oc3ccc(OCC)cc3)ccc2c1. The lowest BCUT2D eigenvalue weighted by molar-refractivity contribution is 0.152. The third kappa shape index (κ3) is 5.39. The average Bonchev–Trinajstić information content (AvgIpc) is 2.70. The molecule has 0 fully saturated rings. The fourth-order valence-corrected chi connectivity index (χ4v) is 2.89. The van der Waals surface area contributed by atoms with Crippen molar-refractivity contribution in [1.29, 1.82) is 0 Å². The van der Waals surface area contributed by atoms with E-state index in [-0.39, 0.29) is 6.09 Å². The van der Waals surface area contributed by atoms with E-state index in [1.165, 1.54) is 0 Å². The summed E-state index contributed by atoms with van der Waals surface area (Å²) in [7, 11) is 0. The first-order valence-electron chi connectivity index (χ1n) is 9.52. The second-order valence-corrected chi connectivity index (χ2v) is 6.25. The lowest BCUT2D eigenvalue weighted by atomic mass is 10.0. The van der Waals surface area contributed by atoms with Crippen LogP contribution in [0.5, 0.6) is 17.2 Å². The summed E-state index contributed by atoms with van der Waals surface area (Å²) in [4.78, 5) is 11.3. The lowest BCUT2D eigenvalue weighted by Crippen LogP contribution is -2.26. The van der Waals surface area contributed by atoms with Gasteiger partial charge in [-0.2, -0.15) is 0 Å². The van der Waals surface area contributed by atoms with Gasteiger partial charge < -0.3 is 19.5 Å². The van der Waals surface area contributed by atoms with E-state index in [0.717, 1.165) is 40.0 Å². The van der Waals surface area contributed by atoms with Gasteiger partial charge in [-0.25, -0.2) is 4.79 Å². The molecule has 0 aromatic heterocycles. The largest absolute Gasteiger partial charge is 0.494 e. The number of benzene rings is 3. The number of alkyl carbamates (subject to hydrolysis) is 1. The molecule has 146 valence electrons. The number of hydrogen-bond acceptors (Lipinski definition) is 4. The highest BCUT2D eigenvalue weighted by atomic mass is 16.5. The van der Waals surface area contributed by atoms with Crippen LogP contribution in [0.15, 0.2) is 60.7 Å². The highest BCUT2D eigenvalue weighted by Gasteiger charge is 2.03. The number of fused-ring (bicyclic) bond motifs is 1. The normalized spacial score (nSPS) is 10.5. The molecule has 3 aromatic carbocycles. The summed E-state index contributed by atoms with van der Waals surface area (Å²) in [5.41, 5.74) is 1.16. The van der Waals surface area contributed by atoms with Gasteiger partial charge in [0.1, 0.15) is 17.2 Å². The molecule has 0 saturated heterocycles. The number of nitrogens with one attached hydrogen (secondary N) is 1. The standard InChI is InChI=1S/C23H25NO4/c1-3-26-20-9-11-21(12-10-20)28-22-8-7-18-15-17(5-6-19(18)16-22)13-14-24-23(25)27-4-2/h5-12,15-16H,3-4,13-14H2,1-2H3,(H,24,25). The van der Waals surface area contributed by atoms with Crippen molar-refractivity contribution in [3.63, 3.8) is 0 Å². The molecule has 0 aliphatic heterocycles. The van der Waals surface area contributed by atoms with E-state index in [0.29, 0.717) is 19.8 Å². The van der Waals surface area contributed by atoms with Gasteiger partial charge in [-0.05, 0) is 73.0 Å². The Hall–Kier alpha value is -3.21. The molecular weight excluding hydrogens is 354 g/mol. The Kier molecular flexibility index (Phi) is 6.73. The van der Waals surface area contributed by atoms with E-state index in [4.69, 9.17) is 14.2 Å². The summed E-state index contributed by atoms with van der Waals surface area (Å²) in [5.74, 6) is 2.39. The van der Waals surface area contributed by atoms with E-state index < -0.39 is 0 Å². The molecule has 0 spiro atoms. The van der Waals surface area contributed by atoms with Crippen LogP contribution in [0, 0.1) is 0 Å². The Morgan fingerprint density at radius 3 is 2.25 bits per heavy atom. The van der Waals surface area contributed by atoms with Gasteiger partial charge in [0, 0.05) is 6.54 Å². The Morgan fingerprint density at radius 2 is 1.50 bits per heavy atom. The Morgan fingerprint density at radius 1 is 0.821 bits per heavy atom. The topological polar surface area (TPSA) is 56.8 Å². The van der Waals surface area contributed by atoms with Crippen molar-refractivity contribution in [3.8, 4) is 17.2 Å². The van der Waals surface area contributed by atoms with Crippen LogP contribution in [-0.4, -0.2) is 25.9 Å². The summed E-state index contributed by atoms with van der Waals surface area (Å²) in [5, 5.41) is 4.97. The first-order valence-corrected chi connectivity index (χ1v) is 9.52. The van der Waals surface area contributed by atoms with Gasteiger partial charge >= 0.3 is 6.09 Å². The van der Waals surface area contributed by atoms with Gasteiger partial charge in [0.05, 0.1) is 13.2 Å². The van der Waals surface area contributed by atoms with Crippen LogP contribution in [0.4, 0.5) is 4.79 Å². The monoisotopic (exact) mass is 379 g/mol. The van der Waals surface area contributed by atoms with Gasteiger partial charge in [-0.3, -0.25) is 0 Å². The van der Waals surface area contributed by atoms with Crippen molar-refractivity contribution in [3.05, 3.63) is 66.2 Å². The maximum absolute atomic E-state index is 11.3. The van der Waals surface area contributed by atoms with E-state index in [1.807, 2.05) is 49.4 Å². The number of rotatable bonds is 8. The molecule has 3 rings (SSSR count). The molecule has 5 heteroatoms. The van der Waals surface area contributed by atoms with Gasteiger partial charge in [0.2, 0.25) is 0 Å². The highest BCUT2D eigenvalue weighted by molar-refractivity contribution is 5.84. The second-order valence-electron chi connectivity index (χ2n) is 6.25. The first kappa shape index (κ1) is 19.5. The van der Waals surface area contributed by atoms with Crippen LogP contribution < -0.4 is 14.8 Å². The predicted molar refractivity (Wildman–Crippen MR) is 110 cm³/mol. The third-order valence-electron chi connectivity index (χ3n) is 4.21. The molecule has 0 saturated carbocycles. The maximum Gasteiger partial charge on any atom is 0.407 e. The molecule has 0 unspecified atom stereocenters. The van der Waals surface area contributed by atoms with Crippen molar-refractivity contribution < 1.29 is 19.0 Å². The zero-order chi connectivity index (χ0) is 19.8. The molecule has 0 aliphatic carbocycles. The quantitative estimate of drug-likeness (QED) is 0.575. The zero-order valence-corrected chi connectivity index (χ0v) is 16.2. The molecule has 0 bridgehead atoms. The molecule has 28 heavy (non-hydrogen) atoms. The molecule has 1 N–H and O–H groups in total. The van der Waals surface area contributed by atoms with E-state index in [1.54, 1.807) is 6.92 Å². The number of ether oxygens (including phenoxy) is 3. The number of carbonyl (C=O) groups is 1. The van der Waals surface area contributed by atoms with Crippen LogP contribution in [0.2, 0.25) is 0 Å². The molecular formula is C23H25NO4. The maximum atomic E-state index is 11.3. The summed E-state index contributed by atoms with van der Waals surface area (Å²) in [6, 6.07) is 19.9. The summed E-state index contributed by atoms with van der Waals surface area (Å²) < 4.78 is 16.3. The Labute approximate surface area is 165 Å².